The van der Waals surface area contributed by atoms with Crippen LogP contribution in [-0.2, 0) is 26.2 Å². The molecule has 1 saturated carbocycles. The third-order valence-electron chi connectivity index (χ3n) is 7.56. The van der Waals surface area contributed by atoms with Crippen LogP contribution in [0.15, 0.2) is 77.7 Å². The first kappa shape index (κ1) is 30.2. The summed E-state index contributed by atoms with van der Waals surface area (Å²) in [5.41, 5.74) is 2.41. The van der Waals surface area contributed by atoms with Gasteiger partial charge in [-0.25, -0.2) is 12.8 Å². The van der Waals surface area contributed by atoms with Crippen molar-refractivity contribution in [1.82, 2.24) is 10.2 Å². The second kappa shape index (κ2) is 13.3. The molecule has 0 spiro atoms. The molecular formula is C32H38FN3O4S. The molecule has 0 aromatic heterocycles. The highest BCUT2D eigenvalue weighted by molar-refractivity contribution is 7.92. The third kappa shape index (κ3) is 7.52. The fraction of sp³-hybridized carbons (Fsp3) is 0.375. The van der Waals surface area contributed by atoms with Crippen molar-refractivity contribution in [2.24, 2.45) is 0 Å². The van der Waals surface area contributed by atoms with Gasteiger partial charge in [0.25, 0.3) is 10.0 Å². The van der Waals surface area contributed by atoms with Gasteiger partial charge < -0.3 is 10.2 Å². The average molecular weight is 580 g/mol. The van der Waals surface area contributed by atoms with Crippen molar-refractivity contribution in [2.45, 2.75) is 76.4 Å². The predicted octanol–water partition coefficient (Wildman–Crippen LogP) is 5.50. The number of rotatable bonds is 10. The lowest BCUT2D eigenvalue weighted by atomic mass is 9.95. The number of carbonyl (C=O) groups excluding carboxylic acids is 2. The average Bonchev–Trinajstić information content (AvgIpc) is 2.95. The number of nitrogens with zero attached hydrogens (tertiary/aromatic N) is 2. The molecule has 218 valence electrons. The Morgan fingerprint density at radius 1 is 0.927 bits per heavy atom. The number of amides is 2. The van der Waals surface area contributed by atoms with Crippen LogP contribution in [0, 0.1) is 19.7 Å². The molecule has 1 N–H and O–H groups in total. The molecule has 3 aromatic carbocycles. The van der Waals surface area contributed by atoms with Crippen LogP contribution in [-0.4, -0.2) is 43.8 Å². The number of hydrogen-bond acceptors (Lipinski definition) is 4. The number of benzene rings is 3. The molecule has 0 radical (unpaired) electrons. The summed E-state index contributed by atoms with van der Waals surface area (Å²) < 4.78 is 43.5. The van der Waals surface area contributed by atoms with Crippen molar-refractivity contribution in [2.75, 3.05) is 10.8 Å². The molecule has 0 heterocycles. The molecule has 7 nitrogen and oxygen atoms in total. The van der Waals surface area contributed by atoms with Gasteiger partial charge in [0.15, 0.2) is 0 Å². The van der Waals surface area contributed by atoms with Crippen molar-refractivity contribution in [3.8, 4) is 0 Å². The molecule has 0 aliphatic heterocycles. The van der Waals surface area contributed by atoms with Gasteiger partial charge in [-0.2, -0.15) is 0 Å². The Morgan fingerprint density at radius 2 is 1.61 bits per heavy atom. The minimum absolute atomic E-state index is 0.0476. The van der Waals surface area contributed by atoms with Crippen LogP contribution in [0.25, 0.3) is 0 Å². The standard InChI is InChI=1S/C32H38FN3O4S/c1-23-16-18-28(19-17-23)41(39,40)36(30-15-8-7-14-29(30)33)22-31(37)35(21-26-11-9-10-24(2)20-26)25(3)32(38)34-27-12-5-4-6-13-27/h7-11,14-20,25,27H,4-6,12-13,21-22H2,1-3H3,(H,34,38). The molecule has 0 bridgehead atoms. The Hall–Kier alpha value is -3.72. The lowest BCUT2D eigenvalue weighted by Gasteiger charge is -2.33. The molecule has 1 aliphatic carbocycles. The topological polar surface area (TPSA) is 86.8 Å². The number of halogens is 1. The number of aryl methyl sites for hydroxylation is 2. The van der Waals surface area contributed by atoms with Crippen LogP contribution in [0.3, 0.4) is 0 Å². The lowest BCUT2D eigenvalue weighted by Crippen LogP contribution is -2.53. The minimum Gasteiger partial charge on any atom is -0.352 e. The van der Waals surface area contributed by atoms with Crippen LogP contribution >= 0.6 is 0 Å². The SMILES string of the molecule is Cc1ccc(S(=O)(=O)N(CC(=O)N(Cc2cccc(C)c2)C(C)C(=O)NC2CCCCC2)c2ccccc2F)cc1. The Bertz CT molecular complexity index is 1470. The fourth-order valence-electron chi connectivity index (χ4n) is 5.16. The van der Waals surface area contributed by atoms with Crippen LogP contribution < -0.4 is 9.62 Å². The number of carbonyl (C=O) groups is 2. The molecule has 9 heteroatoms. The summed E-state index contributed by atoms with van der Waals surface area (Å²) >= 11 is 0. The summed E-state index contributed by atoms with van der Waals surface area (Å²) in [7, 11) is -4.32. The molecule has 2 amide bonds. The van der Waals surface area contributed by atoms with E-state index in [2.05, 4.69) is 5.32 Å². The minimum atomic E-state index is -4.32. The van der Waals surface area contributed by atoms with Crippen LogP contribution in [0.4, 0.5) is 10.1 Å². The van der Waals surface area contributed by atoms with Crippen LogP contribution in [0.5, 0.6) is 0 Å². The maximum atomic E-state index is 15.0. The Morgan fingerprint density at radius 3 is 2.27 bits per heavy atom. The van der Waals surface area contributed by atoms with Gasteiger partial charge >= 0.3 is 0 Å². The van der Waals surface area contributed by atoms with Gasteiger partial charge in [0.2, 0.25) is 11.8 Å². The van der Waals surface area contributed by atoms with E-state index in [-0.39, 0.29) is 29.1 Å². The zero-order valence-corrected chi connectivity index (χ0v) is 24.7. The van der Waals surface area contributed by atoms with E-state index in [0.717, 1.165) is 59.2 Å². The van der Waals surface area contributed by atoms with Gasteiger partial charge in [-0.1, -0.05) is 78.9 Å². The van der Waals surface area contributed by atoms with E-state index >= 15 is 4.39 Å². The van der Waals surface area contributed by atoms with Crippen molar-refractivity contribution in [1.29, 1.82) is 0 Å². The Labute approximate surface area is 242 Å². The number of anilines is 1. The van der Waals surface area contributed by atoms with E-state index in [0.29, 0.717) is 0 Å². The zero-order valence-electron chi connectivity index (χ0n) is 23.8. The number of sulfonamides is 1. The summed E-state index contributed by atoms with van der Waals surface area (Å²) in [5, 5.41) is 3.08. The van der Waals surface area contributed by atoms with E-state index < -0.39 is 34.3 Å². The van der Waals surface area contributed by atoms with Gasteiger partial charge in [-0.05, 0) is 63.4 Å². The van der Waals surface area contributed by atoms with Gasteiger partial charge in [0.05, 0.1) is 10.6 Å². The first-order valence-electron chi connectivity index (χ1n) is 14.1. The molecule has 0 saturated heterocycles. The molecule has 41 heavy (non-hydrogen) atoms. The van der Waals surface area contributed by atoms with Crippen molar-refractivity contribution in [3.63, 3.8) is 0 Å². The Balaban J connectivity index is 1.68. The van der Waals surface area contributed by atoms with Gasteiger partial charge in [0.1, 0.15) is 18.4 Å². The summed E-state index contributed by atoms with van der Waals surface area (Å²) in [6, 6.07) is 18.4. The van der Waals surface area contributed by atoms with Crippen LogP contribution in [0.2, 0.25) is 0 Å². The third-order valence-corrected chi connectivity index (χ3v) is 9.34. The predicted molar refractivity (Wildman–Crippen MR) is 158 cm³/mol. The summed E-state index contributed by atoms with van der Waals surface area (Å²) in [6.07, 6.45) is 5.00. The largest absolute Gasteiger partial charge is 0.352 e. The molecule has 1 unspecified atom stereocenters. The van der Waals surface area contributed by atoms with Crippen molar-refractivity contribution < 1.29 is 22.4 Å². The molecule has 1 atom stereocenters. The highest BCUT2D eigenvalue weighted by atomic mass is 32.2. The second-order valence-corrected chi connectivity index (χ2v) is 12.7. The highest BCUT2D eigenvalue weighted by Gasteiger charge is 2.34. The second-order valence-electron chi connectivity index (χ2n) is 10.8. The van der Waals surface area contributed by atoms with E-state index in [1.165, 1.54) is 35.2 Å². The first-order chi connectivity index (χ1) is 19.6. The first-order valence-corrected chi connectivity index (χ1v) is 15.5. The molecule has 3 aromatic rings. The number of hydrogen-bond donors (Lipinski definition) is 1. The maximum Gasteiger partial charge on any atom is 0.264 e. The van der Waals surface area contributed by atoms with E-state index in [9.17, 15) is 18.0 Å². The quantitative estimate of drug-likeness (QED) is 0.344. The van der Waals surface area contributed by atoms with Gasteiger partial charge in [0, 0.05) is 12.6 Å². The number of nitrogens with one attached hydrogen (secondary N) is 1. The fourth-order valence-corrected chi connectivity index (χ4v) is 6.59. The van der Waals surface area contributed by atoms with E-state index in [4.69, 9.17) is 0 Å². The lowest BCUT2D eigenvalue weighted by molar-refractivity contribution is -0.139. The summed E-state index contributed by atoms with van der Waals surface area (Å²) in [6.45, 7) is 4.83. The highest BCUT2D eigenvalue weighted by Crippen LogP contribution is 2.27. The van der Waals surface area contributed by atoms with Crippen molar-refractivity contribution in [3.05, 3.63) is 95.3 Å². The zero-order chi connectivity index (χ0) is 29.6. The maximum absolute atomic E-state index is 15.0. The van der Waals surface area contributed by atoms with Gasteiger partial charge in [-0.15, -0.1) is 0 Å². The summed E-state index contributed by atoms with van der Waals surface area (Å²) in [4.78, 5) is 28.7. The molecule has 4 rings (SSSR count). The molecular weight excluding hydrogens is 541 g/mol. The summed E-state index contributed by atoms with van der Waals surface area (Å²) in [5.74, 6) is -1.68. The van der Waals surface area contributed by atoms with Gasteiger partial charge in [-0.3, -0.25) is 13.9 Å². The monoisotopic (exact) mass is 579 g/mol. The van der Waals surface area contributed by atoms with E-state index in [1.54, 1.807) is 19.1 Å². The smallest absolute Gasteiger partial charge is 0.264 e. The molecule has 1 aliphatic rings. The number of para-hydroxylation sites is 1. The molecule has 1 fully saturated rings. The van der Waals surface area contributed by atoms with E-state index in [1.807, 2.05) is 38.1 Å². The Kier molecular flexibility index (Phi) is 9.81. The van der Waals surface area contributed by atoms with Crippen LogP contribution in [0.1, 0.15) is 55.7 Å². The normalized spacial score (nSPS) is 14.7. The van der Waals surface area contributed by atoms with Crippen molar-refractivity contribution >= 4 is 27.5 Å².